The Labute approximate surface area is 147 Å². The smallest absolute Gasteiger partial charge is 0.339 e. The second-order valence-corrected chi connectivity index (χ2v) is 5.21. The van der Waals surface area contributed by atoms with Gasteiger partial charge in [-0.1, -0.05) is 29.4 Å². The SMILES string of the molecule is COC(=O)c1ccccc1NCc1nc(-c2cccc([N+](=O)[O-])c2)no1. The molecule has 0 fully saturated rings. The monoisotopic (exact) mass is 354 g/mol. The number of rotatable bonds is 6. The van der Waals surface area contributed by atoms with Gasteiger partial charge >= 0.3 is 5.97 Å². The van der Waals surface area contributed by atoms with Crippen molar-refractivity contribution in [3.8, 4) is 11.4 Å². The fourth-order valence-corrected chi connectivity index (χ4v) is 2.30. The Morgan fingerprint density at radius 1 is 1.27 bits per heavy atom. The zero-order valence-electron chi connectivity index (χ0n) is 13.7. The number of nitrogens with one attached hydrogen (secondary N) is 1. The van der Waals surface area contributed by atoms with Crippen LogP contribution in [0.5, 0.6) is 0 Å². The van der Waals surface area contributed by atoms with E-state index in [1.807, 2.05) is 0 Å². The van der Waals surface area contributed by atoms with E-state index < -0.39 is 10.9 Å². The first-order valence-electron chi connectivity index (χ1n) is 7.57. The van der Waals surface area contributed by atoms with Gasteiger partial charge in [-0.3, -0.25) is 10.1 Å². The zero-order chi connectivity index (χ0) is 18.5. The highest BCUT2D eigenvalue weighted by molar-refractivity contribution is 5.95. The number of methoxy groups -OCH3 is 1. The van der Waals surface area contributed by atoms with Crippen LogP contribution in [0, 0.1) is 10.1 Å². The van der Waals surface area contributed by atoms with Crippen LogP contribution in [-0.4, -0.2) is 28.1 Å². The standard InChI is InChI=1S/C17H14N4O5/c1-25-17(22)13-7-2-3-8-14(13)18-10-15-19-16(20-26-15)11-5-4-6-12(9-11)21(23)24/h2-9,18H,10H2,1H3. The van der Waals surface area contributed by atoms with Crippen LogP contribution in [0.2, 0.25) is 0 Å². The van der Waals surface area contributed by atoms with Gasteiger partial charge in [0, 0.05) is 23.4 Å². The molecule has 0 atom stereocenters. The molecule has 0 amide bonds. The summed E-state index contributed by atoms with van der Waals surface area (Å²) >= 11 is 0. The number of hydrogen-bond donors (Lipinski definition) is 1. The lowest BCUT2D eigenvalue weighted by molar-refractivity contribution is -0.384. The van der Waals surface area contributed by atoms with E-state index >= 15 is 0 Å². The predicted molar refractivity (Wildman–Crippen MR) is 91.5 cm³/mol. The highest BCUT2D eigenvalue weighted by atomic mass is 16.6. The van der Waals surface area contributed by atoms with Crippen molar-refractivity contribution in [2.75, 3.05) is 12.4 Å². The summed E-state index contributed by atoms with van der Waals surface area (Å²) in [5.41, 5.74) is 1.37. The largest absolute Gasteiger partial charge is 0.465 e. The average Bonchev–Trinajstić information content (AvgIpc) is 3.15. The van der Waals surface area contributed by atoms with Gasteiger partial charge in [-0.25, -0.2) is 4.79 Å². The second-order valence-electron chi connectivity index (χ2n) is 5.21. The third-order valence-electron chi connectivity index (χ3n) is 3.55. The molecule has 0 bridgehead atoms. The molecule has 9 nitrogen and oxygen atoms in total. The molecule has 26 heavy (non-hydrogen) atoms. The van der Waals surface area contributed by atoms with Gasteiger partial charge in [0.1, 0.15) is 0 Å². The summed E-state index contributed by atoms with van der Waals surface area (Å²) in [4.78, 5) is 26.3. The summed E-state index contributed by atoms with van der Waals surface area (Å²) in [6.45, 7) is 0.177. The van der Waals surface area contributed by atoms with Crippen LogP contribution in [0.25, 0.3) is 11.4 Å². The van der Waals surface area contributed by atoms with E-state index in [9.17, 15) is 14.9 Å². The molecule has 1 N–H and O–H groups in total. The second kappa shape index (κ2) is 7.43. The van der Waals surface area contributed by atoms with Crippen molar-refractivity contribution in [2.45, 2.75) is 6.54 Å². The maximum atomic E-state index is 11.8. The molecule has 132 valence electrons. The number of hydrogen-bond acceptors (Lipinski definition) is 8. The Morgan fingerprint density at radius 3 is 2.85 bits per heavy atom. The van der Waals surface area contributed by atoms with Crippen molar-refractivity contribution >= 4 is 17.3 Å². The van der Waals surface area contributed by atoms with Crippen LogP contribution in [-0.2, 0) is 11.3 Å². The van der Waals surface area contributed by atoms with E-state index in [4.69, 9.17) is 9.26 Å². The quantitative estimate of drug-likeness (QED) is 0.407. The lowest BCUT2D eigenvalue weighted by Gasteiger charge is -2.08. The van der Waals surface area contributed by atoms with E-state index in [1.54, 1.807) is 36.4 Å². The Balaban J connectivity index is 1.75. The van der Waals surface area contributed by atoms with E-state index in [0.717, 1.165) is 0 Å². The maximum absolute atomic E-state index is 11.8. The van der Waals surface area contributed by atoms with Crippen molar-refractivity contribution in [3.05, 3.63) is 70.1 Å². The fraction of sp³-hybridized carbons (Fsp3) is 0.118. The van der Waals surface area contributed by atoms with Gasteiger partial charge in [0.2, 0.25) is 11.7 Å². The fourth-order valence-electron chi connectivity index (χ4n) is 2.30. The number of ether oxygens (including phenoxy) is 1. The number of nitro benzene ring substituents is 1. The molecule has 2 aromatic carbocycles. The van der Waals surface area contributed by atoms with E-state index in [2.05, 4.69) is 15.5 Å². The van der Waals surface area contributed by atoms with Crippen LogP contribution in [0.4, 0.5) is 11.4 Å². The minimum absolute atomic E-state index is 0.0565. The van der Waals surface area contributed by atoms with E-state index in [-0.39, 0.29) is 23.9 Å². The third kappa shape index (κ3) is 3.66. The van der Waals surface area contributed by atoms with Gasteiger partial charge in [0.15, 0.2) is 0 Å². The van der Waals surface area contributed by atoms with Crippen LogP contribution in [0.15, 0.2) is 53.1 Å². The summed E-state index contributed by atoms with van der Waals surface area (Å²) < 4.78 is 9.89. The third-order valence-corrected chi connectivity index (χ3v) is 3.55. The maximum Gasteiger partial charge on any atom is 0.339 e. The molecule has 0 saturated carbocycles. The molecule has 0 radical (unpaired) electrons. The molecule has 9 heteroatoms. The molecule has 0 spiro atoms. The summed E-state index contributed by atoms with van der Waals surface area (Å²) in [6.07, 6.45) is 0. The normalized spacial score (nSPS) is 10.3. The number of nitrogens with zero attached hydrogens (tertiary/aromatic N) is 3. The molecule has 0 aliphatic carbocycles. The van der Waals surface area contributed by atoms with Crippen molar-refractivity contribution in [3.63, 3.8) is 0 Å². The molecule has 3 aromatic rings. The first-order valence-corrected chi connectivity index (χ1v) is 7.57. The summed E-state index contributed by atoms with van der Waals surface area (Å²) in [7, 11) is 1.31. The average molecular weight is 354 g/mol. The molecule has 0 unspecified atom stereocenters. The van der Waals surface area contributed by atoms with Crippen molar-refractivity contribution in [2.24, 2.45) is 0 Å². The Bertz CT molecular complexity index is 954. The molecule has 0 saturated heterocycles. The number of non-ortho nitro benzene ring substituents is 1. The minimum Gasteiger partial charge on any atom is -0.465 e. The Kier molecular flexibility index (Phi) is 4.88. The van der Waals surface area contributed by atoms with Crippen LogP contribution in [0.1, 0.15) is 16.2 Å². The van der Waals surface area contributed by atoms with E-state index in [0.29, 0.717) is 16.8 Å². The first kappa shape index (κ1) is 17.1. The number of benzene rings is 2. The summed E-state index contributed by atoms with van der Waals surface area (Å²) in [5.74, 6) is 0.0499. The van der Waals surface area contributed by atoms with Crippen molar-refractivity contribution < 1.29 is 19.0 Å². The number of carbonyl (C=O) groups excluding carboxylic acids is 1. The number of esters is 1. The molecular weight excluding hydrogens is 340 g/mol. The van der Waals surface area contributed by atoms with Crippen molar-refractivity contribution in [1.82, 2.24) is 10.1 Å². The number of aromatic nitrogens is 2. The molecule has 0 aliphatic heterocycles. The van der Waals surface area contributed by atoms with E-state index in [1.165, 1.54) is 19.2 Å². The molecular formula is C17H14N4O5. The lowest BCUT2D eigenvalue weighted by atomic mass is 10.2. The van der Waals surface area contributed by atoms with Gasteiger partial charge in [-0.2, -0.15) is 4.98 Å². The number of carbonyl (C=O) groups is 1. The van der Waals surface area contributed by atoms with Gasteiger partial charge in [-0.05, 0) is 12.1 Å². The number of anilines is 1. The number of para-hydroxylation sites is 1. The van der Waals surface area contributed by atoms with Crippen LogP contribution < -0.4 is 5.32 Å². The molecule has 1 aromatic heterocycles. The zero-order valence-corrected chi connectivity index (χ0v) is 13.7. The van der Waals surface area contributed by atoms with Gasteiger partial charge in [0.05, 0.1) is 24.1 Å². The topological polar surface area (TPSA) is 120 Å². The van der Waals surface area contributed by atoms with Crippen molar-refractivity contribution in [1.29, 1.82) is 0 Å². The molecule has 1 heterocycles. The van der Waals surface area contributed by atoms with Crippen LogP contribution >= 0.6 is 0 Å². The summed E-state index contributed by atoms with van der Waals surface area (Å²) in [5, 5.41) is 17.7. The van der Waals surface area contributed by atoms with Gasteiger partial charge in [0.25, 0.3) is 5.69 Å². The number of nitro groups is 1. The lowest BCUT2D eigenvalue weighted by Crippen LogP contribution is -2.08. The van der Waals surface area contributed by atoms with Gasteiger partial charge in [-0.15, -0.1) is 0 Å². The van der Waals surface area contributed by atoms with Gasteiger partial charge < -0.3 is 14.6 Å². The first-order chi connectivity index (χ1) is 12.6. The predicted octanol–water partition coefficient (Wildman–Crippen LogP) is 3.04. The Morgan fingerprint density at radius 2 is 2.08 bits per heavy atom. The molecule has 0 aliphatic rings. The minimum atomic E-state index is -0.490. The highest BCUT2D eigenvalue weighted by Gasteiger charge is 2.14. The van der Waals surface area contributed by atoms with Crippen LogP contribution in [0.3, 0.4) is 0 Å². The summed E-state index contributed by atoms with van der Waals surface area (Å²) in [6, 6.07) is 12.8. The highest BCUT2D eigenvalue weighted by Crippen LogP contribution is 2.22. The Hall–Kier alpha value is -3.75. The molecule has 3 rings (SSSR count).